The van der Waals surface area contributed by atoms with Crippen molar-refractivity contribution in [3.8, 4) is 0 Å². The van der Waals surface area contributed by atoms with Crippen molar-refractivity contribution in [2.24, 2.45) is 0 Å². The second-order valence-electron chi connectivity index (χ2n) is 2.88. The van der Waals surface area contributed by atoms with Crippen LogP contribution in [0.1, 0.15) is 0 Å². The highest BCUT2D eigenvalue weighted by Crippen LogP contribution is 2.19. The van der Waals surface area contributed by atoms with Gasteiger partial charge in [0.1, 0.15) is 0 Å². The van der Waals surface area contributed by atoms with Crippen LogP contribution in [-0.4, -0.2) is 19.5 Å². The average Bonchev–Trinajstić information content (AvgIpc) is 2.20. The number of rotatable bonds is 3. The molecule has 3 N–H and O–H groups in total. The maximum atomic E-state index is 13.0. The Morgan fingerprint density at radius 1 is 1.33 bits per heavy atom. The van der Waals surface area contributed by atoms with E-state index in [0.29, 0.717) is 0 Å². The van der Waals surface area contributed by atoms with E-state index in [-0.39, 0.29) is 12.2 Å². The molecule has 0 atom stereocenters. The Morgan fingerprint density at radius 2 is 2.00 bits per heavy atom. The van der Waals surface area contributed by atoms with Crippen molar-refractivity contribution in [2.75, 3.05) is 18.9 Å². The van der Waals surface area contributed by atoms with Crippen molar-refractivity contribution < 1.29 is 23.3 Å². The van der Waals surface area contributed by atoms with Crippen molar-refractivity contribution in [2.45, 2.75) is 0 Å². The zero-order valence-electron chi connectivity index (χ0n) is 7.98. The number of quaternary nitrogens is 1. The first kappa shape index (κ1) is 11.5. The second-order valence-corrected chi connectivity index (χ2v) is 2.88. The third-order valence-corrected chi connectivity index (χ3v) is 1.70. The van der Waals surface area contributed by atoms with E-state index < -0.39 is 23.4 Å². The lowest BCUT2D eigenvalue weighted by Gasteiger charge is -2.05. The normalized spacial score (nSPS) is 10.1. The number of carbonyl (C=O) groups excluding carboxylic acids is 1. The first-order chi connectivity index (χ1) is 7.06. The van der Waals surface area contributed by atoms with Crippen LogP contribution in [-0.2, 0) is 4.79 Å². The molecule has 0 aliphatic heterocycles. The molecule has 0 saturated heterocycles. The van der Waals surface area contributed by atoms with E-state index in [1.54, 1.807) is 12.4 Å². The lowest BCUT2D eigenvalue weighted by molar-refractivity contribution is -0.615. The van der Waals surface area contributed by atoms with Crippen molar-refractivity contribution >= 4 is 11.6 Å². The van der Waals surface area contributed by atoms with Crippen LogP contribution in [0, 0.1) is 17.5 Å². The lowest BCUT2D eigenvalue weighted by atomic mass is 10.3. The van der Waals surface area contributed by atoms with Crippen LogP contribution in [0.4, 0.5) is 18.9 Å². The average molecular weight is 219 g/mol. The molecule has 0 spiro atoms. The number of amides is 1. The fourth-order valence-electron chi connectivity index (χ4n) is 1.01. The fraction of sp³-hybridized carbons (Fsp3) is 0.222. The first-order valence-electron chi connectivity index (χ1n) is 4.27. The molecule has 0 heterocycles. The number of halogens is 3. The minimum atomic E-state index is -1.59. The zero-order valence-corrected chi connectivity index (χ0v) is 7.98. The van der Waals surface area contributed by atoms with Crippen LogP contribution in [0.15, 0.2) is 12.1 Å². The Bertz CT molecular complexity index is 382. The SMILES string of the molecule is C[NH2+]CC(=O)Nc1ccc(F)c(F)c1F. The summed E-state index contributed by atoms with van der Waals surface area (Å²) in [5, 5.41) is 3.69. The van der Waals surface area contributed by atoms with Gasteiger partial charge in [0, 0.05) is 0 Å². The van der Waals surface area contributed by atoms with Gasteiger partial charge in [-0.15, -0.1) is 0 Å². The maximum Gasteiger partial charge on any atom is 0.279 e. The van der Waals surface area contributed by atoms with Gasteiger partial charge in [-0.1, -0.05) is 0 Å². The largest absolute Gasteiger partial charge is 0.341 e. The standard InChI is InChI=1S/C9H9F3N2O/c1-13-4-7(15)14-6-3-2-5(10)8(11)9(6)12/h2-3,13H,4H2,1H3,(H,14,15)/p+1. The second kappa shape index (κ2) is 4.79. The monoisotopic (exact) mass is 219 g/mol. The summed E-state index contributed by atoms with van der Waals surface area (Å²) in [6, 6.07) is 1.73. The van der Waals surface area contributed by atoms with Gasteiger partial charge >= 0.3 is 0 Å². The molecule has 0 bridgehead atoms. The predicted octanol–water partition coefficient (Wildman–Crippen LogP) is 0.236. The molecule has 0 radical (unpaired) electrons. The van der Waals surface area contributed by atoms with Gasteiger partial charge in [0.15, 0.2) is 24.0 Å². The first-order valence-corrected chi connectivity index (χ1v) is 4.27. The summed E-state index contributed by atoms with van der Waals surface area (Å²) in [6.45, 7) is 0.0818. The van der Waals surface area contributed by atoms with E-state index in [0.717, 1.165) is 12.1 Å². The lowest BCUT2D eigenvalue weighted by Crippen LogP contribution is -2.82. The summed E-state index contributed by atoms with van der Waals surface area (Å²) >= 11 is 0. The molecule has 0 saturated carbocycles. The number of anilines is 1. The quantitative estimate of drug-likeness (QED) is 0.702. The highest BCUT2D eigenvalue weighted by molar-refractivity contribution is 5.91. The Hall–Kier alpha value is -1.56. The van der Waals surface area contributed by atoms with Gasteiger partial charge in [0.05, 0.1) is 12.7 Å². The van der Waals surface area contributed by atoms with Gasteiger partial charge < -0.3 is 10.6 Å². The van der Waals surface area contributed by atoms with Crippen LogP contribution in [0.5, 0.6) is 0 Å². The highest BCUT2D eigenvalue weighted by atomic mass is 19.2. The van der Waals surface area contributed by atoms with Gasteiger partial charge in [-0.3, -0.25) is 4.79 Å². The summed E-state index contributed by atoms with van der Waals surface area (Å²) in [5.74, 6) is -4.75. The molecular formula is C9H10F3N2O+. The highest BCUT2D eigenvalue weighted by Gasteiger charge is 2.15. The molecule has 6 heteroatoms. The number of hydrogen-bond acceptors (Lipinski definition) is 1. The Balaban J connectivity index is 2.87. The van der Waals surface area contributed by atoms with Crippen LogP contribution >= 0.6 is 0 Å². The Labute approximate surface area is 84.3 Å². The number of carbonyl (C=O) groups is 1. The molecule has 3 nitrogen and oxygen atoms in total. The third-order valence-electron chi connectivity index (χ3n) is 1.70. The van der Waals surface area contributed by atoms with Crippen molar-refractivity contribution in [1.29, 1.82) is 0 Å². The van der Waals surface area contributed by atoms with E-state index in [4.69, 9.17) is 0 Å². The van der Waals surface area contributed by atoms with Gasteiger partial charge in [-0.05, 0) is 12.1 Å². The summed E-state index contributed by atoms with van der Waals surface area (Å²) < 4.78 is 38.3. The topological polar surface area (TPSA) is 45.7 Å². The third kappa shape index (κ3) is 2.69. The number of likely N-dealkylation sites (N-methyl/N-ethyl adjacent to an activating group) is 1. The van der Waals surface area contributed by atoms with E-state index in [1.165, 1.54) is 0 Å². The van der Waals surface area contributed by atoms with Gasteiger partial charge in [-0.25, -0.2) is 13.2 Å². The number of benzene rings is 1. The molecule has 1 rings (SSSR count). The van der Waals surface area contributed by atoms with Gasteiger partial charge in [0.2, 0.25) is 0 Å². The van der Waals surface area contributed by atoms with E-state index >= 15 is 0 Å². The zero-order chi connectivity index (χ0) is 11.4. The Kier molecular flexibility index (Phi) is 3.68. The predicted molar refractivity (Wildman–Crippen MR) is 47.7 cm³/mol. The van der Waals surface area contributed by atoms with Crippen molar-refractivity contribution in [3.05, 3.63) is 29.6 Å². The molecule has 0 aliphatic rings. The van der Waals surface area contributed by atoms with E-state index in [9.17, 15) is 18.0 Å². The molecule has 1 amide bonds. The van der Waals surface area contributed by atoms with Crippen LogP contribution in [0.2, 0.25) is 0 Å². The van der Waals surface area contributed by atoms with Crippen LogP contribution in [0.25, 0.3) is 0 Å². The molecule has 15 heavy (non-hydrogen) atoms. The molecule has 0 aromatic heterocycles. The van der Waals surface area contributed by atoms with Gasteiger partial charge in [0.25, 0.3) is 5.91 Å². The molecule has 0 aliphatic carbocycles. The number of nitrogens with two attached hydrogens (primary N) is 1. The van der Waals surface area contributed by atoms with Crippen LogP contribution < -0.4 is 10.6 Å². The van der Waals surface area contributed by atoms with E-state index in [1.807, 2.05) is 0 Å². The van der Waals surface area contributed by atoms with Crippen molar-refractivity contribution in [3.63, 3.8) is 0 Å². The molecule has 82 valence electrons. The molecule has 1 aromatic rings. The number of nitrogens with one attached hydrogen (secondary N) is 1. The minimum absolute atomic E-state index is 0.0818. The molecular weight excluding hydrogens is 209 g/mol. The van der Waals surface area contributed by atoms with E-state index in [2.05, 4.69) is 5.32 Å². The molecule has 1 aromatic carbocycles. The smallest absolute Gasteiger partial charge is 0.279 e. The molecule has 0 fully saturated rings. The summed E-state index contributed by atoms with van der Waals surface area (Å²) in [6.07, 6.45) is 0. The van der Waals surface area contributed by atoms with Gasteiger partial charge in [-0.2, -0.15) is 0 Å². The van der Waals surface area contributed by atoms with Crippen LogP contribution in [0.3, 0.4) is 0 Å². The Morgan fingerprint density at radius 3 is 2.60 bits per heavy atom. The molecule has 0 unspecified atom stereocenters. The number of hydrogen-bond donors (Lipinski definition) is 2. The summed E-state index contributed by atoms with van der Waals surface area (Å²) in [7, 11) is 1.65. The summed E-state index contributed by atoms with van der Waals surface area (Å²) in [4.78, 5) is 11.0. The minimum Gasteiger partial charge on any atom is -0.341 e. The fourth-order valence-corrected chi connectivity index (χ4v) is 1.01. The summed E-state index contributed by atoms with van der Waals surface area (Å²) in [5.41, 5.74) is -0.360. The van der Waals surface area contributed by atoms with Crippen molar-refractivity contribution in [1.82, 2.24) is 0 Å². The maximum absolute atomic E-state index is 13.0.